The third-order valence-corrected chi connectivity index (χ3v) is 5.74. The third kappa shape index (κ3) is 2.78. The molecule has 2 atom stereocenters. The van der Waals surface area contributed by atoms with E-state index in [0.717, 1.165) is 43.2 Å². The molecular weight excluding hydrogens is 358 g/mol. The Bertz CT molecular complexity index is 811. The Morgan fingerprint density at radius 3 is 2.71 bits per heavy atom. The highest BCUT2D eigenvalue weighted by Crippen LogP contribution is 2.36. The second-order valence-electron chi connectivity index (χ2n) is 7.39. The summed E-state index contributed by atoms with van der Waals surface area (Å²) in [5.74, 6) is 1.37. The van der Waals surface area contributed by atoms with Crippen molar-refractivity contribution in [1.82, 2.24) is 14.7 Å². The summed E-state index contributed by atoms with van der Waals surface area (Å²) in [5, 5.41) is 0. The van der Waals surface area contributed by atoms with E-state index in [9.17, 15) is 9.59 Å². The number of ether oxygens (including phenoxy) is 1. The highest BCUT2D eigenvalue weighted by molar-refractivity contribution is 6.08. The molecule has 0 bridgehead atoms. The van der Waals surface area contributed by atoms with Gasteiger partial charge in [0.05, 0.1) is 12.8 Å². The van der Waals surface area contributed by atoms with Crippen molar-refractivity contribution >= 4 is 23.6 Å². The van der Waals surface area contributed by atoms with Gasteiger partial charge in [-0.1, -0.05) is 31.9 Å². The van der Waals surface area contributed by atoms with Crippen LogP contribution in [0.25, 0.3) is 0 Å². The summed E-state index contributed by atoms with van der Waals surface area (Å²) in [5.41, 5.74) is 0.922. The number of methoxy groups -OCH3 is 1. The lowest BCUT2D eigenvalue weighted by Crippen LogP contribution is -2.64. The van der Waals surface area contributed by atoms with Gasteiger partial charge in [0.1, 0.15) is 5.75 Å². The number of fused-ring (bicyclic) bond motifs is 3. The van der Waals surface area contributed by atoms with Gasteiger partial charge >= 0.3 is 6.03 Å². The van der Waals surface area contributed by atoms with Gasteiger partial charge in [-0.3, -0.25) is 9.69 Å². The fourth-order valence-corrected chi connectivity index (χ4v) is 4.24. The first-order valence-electron chi connectivity index (χ1n) is 9.91. The summed E-state index contributed by atoms with van der Waals surface area (Å²) < 4.78 is 5.50. The van der Waals surface area contributed by atoms with Gasteiger partial charge in [-0.2, -0.15) is 0 Å². The molecule has 2 fully saturated rings. The zero-order valence-corrected chi connectivity index (χ0v) is 16.7. The molecule has 3 aliphatic heterocycles. The van der Waals surface area contributed by atoms with E-state index >= 15 is 0 Å². The number of anilines is 1. The average Bonchev–Trinajstić information content (AvgIpc) is 3.28. The number of hydrogen-bond acceptors (Lipinski definition) is 6. The number of nitrogens with zero attached hydrogens (tertiary/aromatic N) is 5. The first-order valence-corrected chi connectivity index (χ1v) is 9.91. The van der Waals surface area contributed by atoms with Crippen LogP contribution >= 0.6 is 0 Å². The van der Waals surface area contributed by atoms with Crippen molar-refractivity contribution in [3.05, 3.63) is 24.3 Å². The van der Waals surface area contributed by atoms with Gasteiger partial charge in [-0.15, -0.1) is 0 Å². The molecule has 0 spiro atoms. The van der Waals surface area contributed by atoms with E-state index in [1.54, 1.807) is 19.1 Å². The van der Waals surface area contributed by atoms with Gasteiger partial charge in [-0.25, -0.2) is 9.79 Å². The highest BCUT2D eigenvalue weighted by Gasteiger charge is 2.54. The minimum absolute atomic E-state index is 0.134. The van der Waals surface area contributed by atoms with Crippen molar-refractivity contribution in [2.75, 3.05) is 38.7 Å². The summed E-state index contributed by atoms with van der Waals surface area (Å²) in [4.78, 5) is 37.8. The van der Waals surface area contributed by atoms with Crippen LogP contribution in [-0.4, -0.2) is 78.6 Å². The molecule has 4 rings (SSSR count). The second kappa shape index (κ2) is 7.33. The fraction of sp³-hybridized carbons (Fsp3) is 0.550. The topological polar surface area (TPSA) is 68.7 Å². The number of carbonyl (C=O) groups is 2. The zero-order valence-electron chi connectivity index (χ0n) is 16.7. The maximum absolute atomic E-state index is 13.2. The molecule has 0 saturated carbocycles. The van der Waals surface area contributed by atoms with Crippen molar-refractivity contribution in [3.8, 4) is 5.75 Å². The van der Waals surface area contributed by atoms with Crippen LogP contribution in [0.1, 0.15) is 26.2 Å². The summed E-state index contributed by atoms with van der Waals surface area (Å²) in [6.45, 7) is 3.99. The molecule has 3 amide bonds. The Morgan fingerprint density at radius 1 is 1.18 bits per heavy atom. The van der Waals surface area contributed by atoms with Crippen LogP contribution in [0.15, 0.2) is 29.3 Å². The van der Waals surface area contributed by atoms with Crippen LogP contribution in [0.2, 0.25) is 0 Å². The minimum Gasteiger partial charge on any atom is -0.495 e. The Hall–Kier alpha value is -2.77. The first-order chi connectivity index (χ1) is 13.6. The van der Waals surface area contributed by atoms with Crippen molar-refractivity contribution in [3.63, 3.8) is 0 Å². The van der Waals surface area contributed by atoms with E-state index in [1.165, 1.54) is 4.90 Å². The molecule has 8 nitrogen and oxygen atoms in total. The maximum atomic E-state index is 13.2. The lowest BCUT2D eigenvalue weighted by molar-refractivity contribution is -0.137. The second-order valence-corrected chi connectivity index (χ2v) is 7.39. The lowest BCUT2D eigenvalue weighted by Gasteiger charge is -2.40. The van der Waals surface area contributed by atoms with E-state index in [0.29, 0.717) is 13.1 Å². The van der Waals surface area contributed by atoms with E-state index in [1.807, 2.05) is 29.2 Å². The van der Waals surface area contributed by atoms with Crippen molar-refractivity contribution < 1.29 is 14.3 Å². The number of guanidine groups is 1. The van der Waals surface area contributed by atoms with E-state index in [-0.39, 0.29) is 11.9 Å². The Kier molecular flexibility index (Phi) is 4.87. The van der Waals surface area contributed by atoms with Crippen molar-refractivity contribution in [2.24, 2.45) is 4.99 Å². The molecule has 0 radical (unpaired) electrons. The molecule has 3 aliphatic rings. The molecular formula is C20H27N5O3. The number of benzene rings is 1. The Morgan fingerprint density at radius 2 is 1.96 bits per heavy atom. The van der Waals surface area contributed by atoms with Gasteiger partial charge in [-0.05, 0) is 18.6 Å². The number of aliphatic imine (C=N–C) groups is 1. The van der Waals surface area contributed by atoms with Crippen LogP contribution in [0.3, 0.4) is 0 Å². The van der Waals surface area contributed by atoms with Gasteiger partial charge in [0.25, 0.3) is 5.91 Å². The van der Waals surface area contributed by atoms with Gasteiger partial charge < -0.3 is 19.4 Å². The van der Waals surface area contributed by atoms with Crippen LogP contribution in [0.4, 0.5) is 10.5 Å². The smallest absolute Gasteiger partial charge is 0.328 e. The number of hydrogen-bond donors (Lipinski definition) is 0. The Labute approximate surface area is 165 Å². The van der Waals surface area contributed by atoms with Crippen LogP contribution in [-0.2, 0) is 4.79 Å². The van der Waals surface area contributed by atoms with Crippen molar-refractivity contribution in [2.45, 2.75) is 38.4 Å². The molecule has 3 heterocycles. The average molecular weight is 385 g/mol. The number of rotatable bonds is 6. The minimum atomic E-state index is -0.477. The van der Waals surface area contributed by atoms with Crippen molar-refractivity contribution in [1.29, 1.82) is 0 Å². The monoisotopic (exact) mass is 385 g/mol. The molecule has 2 saturated heterocycles. The molecule has 2 unspecified atom stereocenters. The molecule has 1 aromatic rings. The summed E-state index contributed by atoms with van der Waals surface area (Å²) in [6.07, 6.45) is 2.41. The molecule has 0 aromatic heterocycles. The van der Waals surface area contributed by atoms with Crippen LogP contribution in [0, 0.1) is 0 Å². The third-order valence-electron chi connectivity index (χ3n) is 5.74. The molecule has 8 heteroatoms. The van der Waals surface area contributed by atoms with E-state index in [2.05, 4.69) is 11.8 Å². The predicted octanol–water partition coefficient (Wildman–Crippen LogP) is 1.97. The molecule has 0 aliphatic carbocycles. The van der Waals surface area contributed by atoms with E-state index < -0.39 is 12.2 Å². The largest absolute Gasteiger partial charge is 0.495 e. The summed E-state index contributed by atoms with van der Waals surface area (Å²) >= 11 is 0. The lowest BCUT2D eigenvalue weighted by atomic mass is 10.1. The predicted molar refractivity (Wildman–Crippen MR) is 106 cm³/mol. The Balaban J connectivity index is 1.61. The number of likely N-dealkylation sites (N-methyl/N-ethyl adjacent to an activating group) is 1. The fourth-order valence-electron chi connectivity index (χ4n) is 4.24. The highest BCUT2D eigenvalue weighted by atomic mass is 16.5. The molecule has 1 aromatic carbocycles. The molecule has 0 N–H and O–H groups in total. The maximum Gasteiger partial charge on any atom is 0.328 e. The van der Waals surface area contributed by atoms with Gasteiger partial charge in [0.2, 0.25) is 5.96 Å². The van der Waals surface area contributed by atoms with Crippen LogP contribution in [0.5, 0.6) is 5.75 Å². The molecule has 28 heavy (non-hydrogen) atoms. The summed E-state index contributed by atoms with van der Waals surface area (Å²) in [6, 6.07) is 7.09. The van der Waals surface area contributed by atoms with E-state index in [4.69, 9.17) is 9.73 Å². The number of amides is 3. The number of imide groups is 1. The number of unbranched alkanes of at least 4 members (excludes halogenated alkanes) is 2. The SMILES string of the molecule is CCCCCN1C(=O)C2C(N=C3N(c4ccccc4OC)CCN32)N(C)C1=O. The van der Waals surface area contributed by atoms with Gasteiger partial charge in [0, 0.05) is 26.7 Å². The van der Waals surface area contributed by atoms with Gasteiger partial charge in [0.15, 0.2) is 12.2 Å². The summed E-state index contributed by atoms with van der Waals surface area (Å²) in [7, 11) is 3.38. The molecule has 150 valence electrons. The normalized spacial score (nSPS) is 23.9. The quantitative estimate of drug-likeness (QED) is 0.701. The number of urea groups is 1. The van der Waals surface area contributed by atoms with Crippen LogP contribution < -0.4 is 9.64 Å². The zero-order chi connectivity index (χ0) is 19.8. The standard InChI is InChI=1S/C20H27N5O3/c1-4-5-8-11-25-18(26)16-17(22(2)20(25)27)21-19-23(12-13-24(16)19)14-9-6-7-10-15(14)28-3/h6-7,9-10,16-17H,4-5,8,11-13H2,1-3H3. The number of carbonyl (C=O) groups excluding carboxylic acids is 2. The first kappa shape index (κ1) is 18.6. The number of para-hydroxylation sites is 2.